The Morgan fingerprint density at radius 1 is 0.795 bits per heavy atom. The summed E-state index contributed by atoms with van der Waals surface area (Å²) in [5.74, 6) is -1.34. The van der Waals surface area contributed by atoms with Crippen LogP contribution in [0.1, 0.15) is 37.0 Å². The first kappa shape index (κ1) is 32.4. The molecule has 1 N–H and O–H groups in total. The third-order valence-corrected chi connectivity index (χ3v) is 9.11. The van der Waals surface area contributed by atoms with Gasteiger partial charge in [0.05, 0.1) is 10.6 Å². The summed E-state index contributed by atoms with van der Waals surface area (Å²) in [5.41, 5.74) is 2.59. The van der Waals surface area contributed by atoms with E-state index in [4.69, 9.17) is 0 Å². The molecule has 0 aliphatic rings. The maximum atomic E-state index is 14.5. The predicted molar refractivity (Wildman–Crippen MR) is 171 cm³/mol. The molecule has 7 nitrogen and oxygen atoms in total. The van der Waals surface area contributed by atoms with Gasteiger partial charge in [0.2, 0.25) is 11.8 Å². The monoisotopic (exact) mass is 615 g/mol. The normalized spacial score (nSPS) is 11.9. The van der Waals surface area contributed by atoms with Crippen LogP contribution in [0, 0.1) is 5.82 Å². The van der Waals surface area contributed by atoms with Crippen LogP contribution in [0.15, 0.2) is 114 Å². The summed E-state index contributed by atoms with van der Waals surface area (Å²) in [7, 11) is -4.18. The Balaban J connectivity index is 1.81. The number of carbonyl (C=O) groups is 2. The van der Waals surface area contributed by atoms with Gasteiger partial charge >= 0.3 is 0 Å². The molecule has 0 unspecified atom stereocenters. The number of hydrogen-bond acceptors (Lipinski definition) is 4. The van der Waals surface area contributed by atoms with Crippen molar-refractivity contribution >= 4 is 27.5 Å². The van der Waals surface area contributed by atoms with E-state index < -0.39 is 34.3 Å². The summed E-state index contributed by atoms with van der Waals surface area (Å²) in [6, 6.07) is 29.2. The molecule has 0 spiro atoms. The smallest absolute Gasteiger partial charge is 0.264 e. The van der Waals surface area contributed by atoms with Gasteiger partial charge in [-0.3, -0.25) is 13.9 Å². The number of anilines is 1. The van der Waals surface area contributed by atoms with Gasteiger partial charge in [0.25, 0.3) is 10.0 Å². The number of hydrogen-bond donors (Lipinski definition) is 1. The summed E-state index contributed by atoms with van der Waals surface area (Å²) in [4.78, 5) is 29.6. The maximum absolute atomic E-state index is 14.5. The van der Waals surface area contributed by atoms with Crippen molar-refractivity contribution in [3.05, 3.63) is 132 Å². The van der Waals surface area contributed by atoms with E-state index in [0.29, 0.717) is 30.6 Å². The van der Waals surface area contributed by atoms with Crippen molar-refractivity contribution < 1.29 is 22.4 Å². The second-order valence-corrected chi connectivity index (χ2v) is 12.3. The minimum absolute atomic E-state index is 0.0230. The third-order valence-electron chi connectivity index (χ3n) is 7.34. The molecule has 4 aromatic rings. The minimum atomic E-state index is -4.18. The van der Waals surface area contributed by atoms with Crippen molar-refractivity contribution in [2.75, 3.05) is 17.4 Å². The minimum Gasteiger partial charge on any atom is -0.354 e. The molecule has 0 saturated carbocycles. The van der Waals surface area contributed by atoms with Gasteiger partial charge in [0, 0.05) is 19.5 Å². The van der Waals surface area contributed by atoms with Crippen LogP contribution in [-0.2, 0) is 39.0 Å². The molecule has 4 aromatic carbocycles. The molecular formula is C35H38FN3O4S. The molecule has 0 saturated heterocycles. The van der Waals surface area contributed by atoms with Gasteiger partial charge in [-0.15, -0.1) is 0 Å². The lowest BCUT2D eigenvalue weighted by Gasteiger charge is -2.34. The van der Waals surface area contributed by atoms with Crippen LogP contribution in [-0.4, -0.2) is 44.3 Å². The van der Waals surface area contributed by atoms with Crippen LogP contribution >= 0.6 is 0 Å². The fourth-order valence-electron chi connectivity index (χ4n) is 4.99. The van der Waals surface area contributed by atoms with E-state index in [0.717, 1.165) is 15.4 Å². The van der Waals surface area contributed by atoms with Crippen LogP contribution in [0.25, 0.3) is 0 Å². The Morgan fingerprint density at radius 2 is 1.41 bits per heavy atom. The topological polar surface area (TPSA) is 86.8 Å². The molecule has 1 atom stereocenters. The molecule has 0 radical (unpaired) electrons. The lowest BCUT2D eigenvalue weighted by Crippen LogP contribution is -2.53. The van der Waals surface area contributed by atoms with E-state index in [9.17, 15) is 22.4 Å². The van der Waals surface area contributed by atoms with Crippen LogP contribution in [0.5, 0.6) is 0 Å². The Morgan fingerprint density at radius 3 is 2.05 bits per heavy atom. The van der Waals surface area contributed by atoms with E-state index in [2.05, 4.69) is 5.32 Å². The Hall–Kier alpha value is -4.50. The molecule has 44 heavy (non-hydrogen) atoms. The van der Waals surface area contributed by atoms with Crippen LogP contribution in [0.4, 0.5) is 10.1 Å². The summed E-state index contributed by atoms with van der Waals surface area (Å²) < 4.78 is 43.2. The molecule has 0 fully saturated rings. The van der Waals surface area contributed by atoms with Crippen LogP contribution in [0.2, 0.25) is 0 Å². The number of carbonyl (C=O) groups excluding carboxylic acids is 2. The van der Waals surface area contributed by atoms with E-state index >= 15 is 0 Å². The van der Waals surface area contributed by atoms with E-state index in [-0.39, 0.29) is 23.8 Å². The second kappa shape index (κ2) is 15.3. The number of rotatable bonds is 14. The van der Waals surface area contributed by atoms with Gasteiger partial charge in [-0.25, -0.2) is 12.8 Å². The number of sulfonamides is 1. The number of benzene rings is 4. The molecule has 4 rings (SSSR count). The van der Waals surface area contributed by atoms with Crippen molar-refractivity contribution in [2.24, 2.45) is 0 Å². The summed E-state index contributed by atoms with van der Waals surface area (Å²) in [6.45, 7) is 3.71. The Kier molecular flexibility index (Phi) is 11.3. The van der Waals surface area contributed by atoms with Crippen molar-refractivity contribution in [3.63, 3.8) is 0 Å². The number of nitrogens with one attached hydrogen (secondary N) is 1. The van der Waals surface area contributed by atoms with Gasteiger partial charge in [0.1, 0.15) is 18.4 Å². The molecule has 230 valence electrons. The molecule has 0 bridgehead atoms. The zero-order valence-electron chi connectivity index (χ0n) is 25.0. The van der Waals surface area contributed by atoms with Gasteiger partial charge < -0.3 is 10.2 Å². The first-order chi connectivity index (χ1) is 21.2. The largest absolute Gasteiger partial charge is 0.354 e. The first-order valence-electron chi connectivity index (χ1n) is 14.8. The number of para-hydroxylation sites is 1. The Labute approximate surface area is 259 Å². The van der Waals surface area contributed by atoms with Crippen molar-refractivity contribution in [2.45, 2.75) is 50.6 Å². The summed E-state index contributed by atoms with van der Waals surface area (Å²) >= 11 is 0. The molecule has 2 amide bonds. The predicted octanol–water partition coefficient (Wildman–Crippen LogP) is 5.75. The van der Waals surface area contributed by atoms with Crippen LogP contribution < -0.4 is 9.62 Å². The highest BCUT2D eigenvalue weighted by Gasteiger charge is 2.35. The highest BCUT2D eigenvalue weighted by molar-refractivity contribution is 7.92. The number of nitrogens with zero attached hydrogens (tertiary/aromatic N) is 2. The Bertz CT molecular complexity index is 1630. The van der Waals surface area contributed by atoms with Gasteiger partial charge in [-0.05, 0) is 59.9 Å². The fraction of sp³-hybridized carbons (Fsp3) is 0.257. The molecule has 0 aromatic heterocycles. The lowest BCUT2D eigenvalue weighted by molar-refractivity contribution is -0.140. The fourth-order valence-corrected chi connectivity index (χ4v) is 6.47. The van der Waals surface area contributed by atoms with E-state index in [1.54, 1.807) is 42.5 Å². The van der Waals surface area contributed by atoms with Crippen LogP contribution in [0.3, 0.4) is 0 Å². The van der Waals surface area contributed by atoms with Gasteiger partial charge in [0.15, 0.2) is 0 Å². The van der Waals surface area contributed by atoms with E-state index in [1.807, 2.05) is 56.3 Å². The number of amides is 2. The molecule has 0 aliphatic carbocycles. The molecule has 0 aliphatic heterocycles. The second-order valence-electron chi connectivity index (χ2n) is 10.5. The average Bonchev–Trinajstić information content (AvgIpc) is 3.05. The number of halogens is 1. The SMILES string of the molecule is CCCNC(=O)[C@H](Cc1ccccc1)N(Cc1ccc(F)cc1)C(=O)CN(c1ccccc1CC)S(=O)(=O)c1ccccc1. The highest BCUT2D eigenvalue weighted by atomic mass is 32.2. The van der Waals surface area contributed by atoms with Crippen molar-refractivity contribution in [1.82, 2.24) is 10.2 Å². The zero-order chi connectivity index (χ0) is 31.5. The van der Waals surface area contributed by atoms with Gasteiger partial charge in [-0.2, -0.15) is 0 Å². The van der Waals surface area contributed by atoms with Crippen molar-refractivity contribution in [1.29, 1.82) is 0 Å². The summed E-state index contributed by atoms with van der Waals surface area (Å²) in [6.07, 6.45) is 1.45. The third kappa shape index (κ3) is 8.11. The molecule has 0 heterocycles. The zero-order valence-corrected chi connectivity index (χ0v) is 25.8. The number of aryl methyl sites for hydroxylation is 1. The standard InChI is InChI=1S/C35H38FN3O4S/c1-3-23-37-35(41)33(24-27-13-7-5-8-14-27)38(25-28-19-21-30(36)22-20-28)34(40)26-39(32-18-12-11-15-29(32)4-2)44(42,43)31-16-9-6-10-17-31/h5-22,33H,3-4,23-26H2,1-2H3,(H,37,41)/t33-/m0/s1. The molecular weight excluding hydrogens is 577 g/mol. The van der Waals surface area contributed by atoms with E-state index in [1.165, 1.54) is 29.2 Å². The van der Waals surface area contributed by atoms with Gasteiger partial charge in [-0.1, -0.05) is 92.7 Å². The average molecular weight is 616 g/mol. The summed E-state index contributed by atoms with van der Waals surface area (Å²) in [5, 5.41) is 2.92. The van der Waals surface area contributed by atoms with Crippen molar-refractivity contribution in [3.8, 4) is 0 Å². The molecule has 9 heteroatoms. The highest BCUT2D eigenvalue weighted by Crippen LogP contribution is 2.28. The lowest BCUT2D eigenvalue weighted by atomic mass is 10.0. The quantitative estimate of drug-likeness (QED) is 0.196. The maximum Gasteiger partial charge on any atom is 0.264 e. The first-order valence-corrected chi connectivity index (χ1v) is 16.2.